The molecule has 0 bridgehead atoms. The molecule has 1 aliphatic rings. The number of carbonyl (C=O) groups excluding carboxylic acids is 1. The molecule has 5 nitrogen and oxygen atoms in total. The van der Waals surface area contributed by atoms with Crippen LogP contribution >= 0.6 is 22.6 Å². The van der Waals surface area contributed by atoms with Crippen LogP contribution in [0, 0.1) is 14.8 Å². The van der Waals surface area contributed by atoms with Crippen molar-refractivity contribution in [1.82, 2.24) is 0 Å². The van der Waals surface area contributed by atoms with Crippen molar-refractivity contribution in [3.63, 3.8) is 0 Å². The number of benzene rings is 1. The van der Waals surface area contributed by atoms with Crippen LogP contribution in [0.4, 0.5) is 10.1 Å². The third kappa shape index (κ3) is 2.51. The van der Waals surface area contributed by atoms with Gasteiger partial charge in [0.2, 0.25) is 5.91 Å². The monoisotopic (exact) mass is 377 g/mol. The maximum absolute atomic E-state index is 13.0. The number of nitrogens with zero attached hydrogens (tertiary/aromatic N) is 1. The quantitative estimate of drug-likeness (QED) is 0.248. The van der Waals surface area contributed by atoms with Crippen LogP contribution in [0.3, 0.4) is 0 Å². The Morgan fingerprint density at radius 1 is 1.53 bits per heavy atom. The normalized spacial score (nSPS) is 17.7. The van der Waals surface area contributed by atoms with Crippen LogP contribution in [0.15, 0.2) is 23.4 Å². The summed E-state index contributed by atoms with van der Waals surface area (Å²) in [7, 11) is 0. The van der Waals surface area contributed by atoms with E-state index >= 15 is 0 Å². The summed E-state index contributed by atoms with van der Waals surface area (Å²) in [5.41, 5.74) is 5.19. The Morgan fingerprint density at radius 2 is 2.21 bits per heavy atom. The Kier molecular flexibility index (Phi) is 3.93. The average molecular weight is 377 g/mol. The minimum atomic E-state index is -0.938. The molecule has 0 spiro atoms. The zero-order valence-electron chi connectivity index (χ0n) is 9.99. The molecule has 0 heterocycles. The summed E-state index contributed by atoms with van der Waals surface area (Å²) in [5, 5.41) is 14.4. The van der Waals surface area contributed by atoms with Gasteiger partial charge in [0.25, 0.3) is 0 Å². The third-order valence-electron chi connectivity index (χ3n) is 3.42. The van der Waals surface area contributed by atoms with Gasteiger partial charge in [0, 0.05) is 3.57 Å². The van der Waals surface area contributed by atoms with E-state index in [0.29, 0.717) is 22.1 Å². The Labute approximate surface area is 123 Å². The van der Waals surface area contributed by atoms with Crippen molar-refractivity contribution in [1.29, 1.82) is 0 Å². The number of nitrogens with one attached hydrogen (secondary N) is 1. The molecule has 2 rings (SSSR count). The van der Waals surface area contributed by atoms with Gasteiger partial charge in [-0.3, -0.25) is 4.79 Å². The number of amides is 1. The zero-order valence-corrected chi connectivity index (χ0v) is 12.1. The van der Waals surface area contributed by atoms with Gasteiger partial charge in [-0.25, -0.2) is 4.39 Å². The van der Waals surface area contributed by atoms with Crippen LogP contribution in [0.1, 0.15) is 19.3 Å². The van der Waals surface area contributed by atoms with Crippen molar-refractivity contribution < 1.29 is 14.4 Å². The lowest BCUT2D eigenvalue weighted by atomic mass is 9.67. The standard InChI is InChI=1S/C12H13FIN3O2/c13-7-2-3-9(8(14)6-7)16-11(18)12(4-1-5-12)10(15)17-19/h2-3,6,19H,1,4-5H2,(H2,15,17)(H,16,18). The summed E-state index contributed by atoms with van der Waals surface area (Å²) in [6.07, 6.45) is 1.95. The van der Waals surface area contributed by atoms with Crippen molar-refractivity contribution >= 4 is 40.0 Å². The van der Waals surface area contributed by atoms with Gasteiger partial charge in [-0.15, -0.1) is 0 Å². The molecule has 102 valence electrons. The van der Waals surface area contributed by atoms with Crippen molar-refractivity contribution in [3.05, 3.63) is 27.6 Å². The molecule has 1 saturated carbocycles. The fourth-order valence-electron chi connectivity index (χ4n) is 2.06. The summed E-state index contributed by atoms with van der Waals surface area (Å²) in [6, 6.07) is 4.09. The van der Waals surface area contributed by atoms with Gasteiger partial charge in [-0.2, -0.15) is 0 Å². The van der Waals surface area contributed by atoms with E-state index in [1.165, 1.54) is 18.2 Å². The Balaban J connectivity index is 2.21. The highest BCUT2D eigenvalue weighted by Gasteiger charge is 2.48. The van der Waals surface area contributed by atoms with Crippen molar-refractivity contribution in [2.75, 3.05) is 5.32 Å². The molecule has 0 saturated heterocycles. The third-order valence-corrected chi connectivity index (χ3v) is 4.31. The molecular formula is C12H13FIN3O2. The first-order chi connectivity index (χ1) is 8.99. The highest BCUT2D eigenvalue weighted by Crippen LogP contribution is 2.42. The van der Waals surface area contributed by atoms with Crippen LogP contribution in [0.5, 0.6) is 0 Å². The van der Waals surface area contributed by atoms with Crippen molar-refractivity contribution in [2.24, 2.45) is 16.3 Å². The largest absolute Gasteiger partial charge is 0.409 e. The topological polar surface area (TPSA) is 87.7 Å². The summed E-state index contributed by atoms with van der Waals surface area (Å²) in [6.45, 7) is 0. The maximum Gasteiger partial charge on any atom is 0.238 e. The SMILES string of the molecule is N/C(=N/O)C1(C(=O)Nc2ccc(F)cc2I)CCC1. The van der Waals surface area contributed by atoms with Crippen LogP contribution in [0.2, 0.25) is 0 Å². The predicted octanol–water partition coefficient (Wildman–Crippen LogP) is 2.29. The fraction of sp³-hybridized carbons (Fsp3) is 0.333. The van der Waals surface area contributed by atoms with Crippen LogP contribution in [0.25, 0.3) is 0 Å². The van der Waals surface area contributed by atoms with E-state index in [4.69, 9.17) is 10.9 Å². The lowest BCUT2D eigenvalue weighted by Gasteiger charge is -2.38. The smallest absolute Gasteiger partial charge is 0.238 e. The number of hydrogen-bond acceptors (Lipinski definition) is 3. The summed E-state index contributed by atoms with van der Waals surface area (Å²) >= 11 is 1.94. The Bertz CT molecular complexity index is 544. The number of halogens is 2. The second-order valence-electron chi connectivity index (χ2n) is 4.50. The molecule has 1 aromatic rings. The molecule has 4 N–H and O–H groups in total. The second kappa shape index (κ2) is 5.32. The lowest BCUT2D eigenvalue weighted by molar-refractivity contribution is -0.125. The Morgan fingerprint density at radius 3 is 2.68 bits per heavy atom. The minimum Gasteiger partial charge on any atom is -0.409 e. The molecule has 0 unspecified atom stereocenters. The molecule has 0 atom stereocenters. The van der Waals surface area contributed by atoms with Crippen LogP contribution in [-0.2, 0) is 4.79 Å². The highest BCUT2D eigenvalue weighted by atomic mass is 127. The lowest BCUT2D eigenvalue weighted by Crippen LogP contribution is -2.51. The maximum atomic E-state index is 13.0. The molecule has 1 amide bonds. The highest BCUT2D eigenvalue weighted by molar-refractivity contribution is 14.1. The minimum absolute atomic E-state index is 0.0756. The number of nitrogens with two attached hydrogens (primary N) is 1. The number of amidine groups is 1. The number of rotatable bonds is 3. The summed E-state index contributed by atoms with van der Waals surface area (Å²) in [5.74, 6) is -0.760. The van der Waals surface area contributed by atoms with Crippen LogP contribution < -0.4 is 11.1 Å². The first-order valence-corrected chi connectivity index (χ1v) is 6.82. The molecule has 0 aromatic heterocycles. The van der Waals surface area contributed by atoms with Gasteiger partial charge in [-0.1, -0.05) is 11.6 Å². The van der Waals surface area contributed by atoms with Crippen molar-refractivity contribution in [3.8, 4) is 0 Å². The fourth-order valence-corrected chi connectivity index (χ4v) is 2.67. The number of oxime groups is 1. The first-order valence-electron chi connectivity index (χ1n) is 5.74. The molecule has 1 fully saturated rings. The van der Waals surface area contributed by atoms with Crippen LogP contribution in [-0.4, -0.2) is 17.0 Å². The van der Waals surface area contributed by atoms with Gasteiger partial charge in [-0.05, 0) is 53.6 Å². The van der Waals surface area contributed by atoms with Gasteiger partial charge >= 0.3 is 0 Å². The molecule has 19 heavy (non-hydrogen) atoms. The van der Waals surface area contributed by atoms with Gasteiger partial charge in [0.05, 0.1) is 5.69 Å². The van der Waals surface area contributed by atoms with Gasteiger partial charge in [0.1, 0.15) is 11.2 Å². The number of anilines is 1. The van der Waals surface area contributed by atoms with E-state index in [9.17, 15) is 9.18 Å². The molecule has 7 heteroatoms. The molecule has 0 radical (unpaired) electrons. The molecule has 1 aliphatic carbocycles. The van der Waals surface area contributed by atoms with E-state index in [2.05, 4.69) is 10.5 Å². The van der Waals surface area contributed by atoms with E-state index in [1.807, 2.05) is 22.6 Å². The zero-order chi connectivity index (χ0) is 14.0. The van der Waals surface area contributed by atoms with E-state index in [1.54, 1.807) is 0 Å². The average Bonchev–Trinajstić information content (AvgIpc) is 2.31. The number of carbonyl (C=O) groups is 1. The first kappa shape index (κ1) is 14.0. The number of hydrogen-bond donors (Lipinski definition) is 3. The molecule has 1 aromatic carbocycles. The van der Waals surface area contributed by atoms with Gasteiger partial charge < -0.3 is 16.3 Å². The van der Waals surface area contributed by atoms with Gasteiger partial charge in [0.15, 0.2) is 5.84 Å². The molecule has 0 aliphatic heterocycles. The van der Waals surface area contributed by atoms with E-state index in [-0.39, 0.29) is 17.6 Å². The van der Waals surface area contributed by atoms with E-state index < -0.39 is 5.41 Å². The molecular weight excluding hydrogens is 364 g/mol. The Hall–Kier alpha value is -1.38. The predicted molar refractivity (Wildman–Crippen MR) is 77.4 cm³/mol. The van der Waals surface area contributed by atoms with Crippen molar-refractivity contribution in [2.45, 2.75) is 19.3 Å². The van der Waals surface area contributed by atoms with E-state index in [0.717, 1.165) is 6.42 Å². The second-order valence-corrected chi connectivity index (χ2v) is 5.66. The summed E-state index contributed by atoms with van der Waals surface area (Å²) < 4.78 is 13.6. The summed E-state index contributed by atoms with van der Waals surface area (Å²) in [4.78, 5) is 12.3.